The van der Waals surface area contributed by atoms with Gasteiger partial charge in [0.25, 0.3) is 5.91 Å². The van der Waals surface area contributed by atoms with Crippen LogP contribution in [0.5, 0.6) is 5.75 Å². The number of carbonyl (C=O) groups excluding carboxylic acids is 1. The molecule has 146 valence electrons. The second kappa shape index (κ2) is 8.56. The number of oxazole rings is 1. The van der Waals surface area contributed by atoms with Gasteiger partial charge < -0.3 is 14.5 Å². The first kappa shape index (κ1) is 18.7. The number of hydrogen-bond donors (Lipinski definition) is 1. The quantitative estimate of drug-likeness (QED) is 0.434. The zero-order chi connectivity index (χ0) is 20.1. The molecule has 0 atom stereocenters. The zero-order valence-electron chi connectivity index (χ0n) is 16.1. The fraction of sp³-hybridized carbons (Fsp3) is 0.174. The van der Waals surface area contributed by atoms with E-state index in [9.17, 15) is 4.79 Å². The highest BCUT2D eigenvalue weighted by Crippen LogP contribution is 2.24. The molecule has 4 rings (SSSR count). The van der Waals surface area contributed by atoms with Gasteiger partial charge in [0.1, 0.15) is 5.75 Å². The van der Waals surface area contributed by atoms with Gasteiger partial charge >= 0.3 is 0 Å². The highest BCUT2D eigenvalue weighted by molar-refractivity contribution is 6.04. The molecule has 0 aliphatic carbocycles. The van der Waals surface area contributed by atoms with Crippen LogP contribution in [0.1, 0.15) is 30.1 Å². The summed E-state index contributed by atoms with van der Waals surface area (Å²) in [4.78, 5) is 21.0. The molecule has 1 amide bonds. The highest BCUT2D eigenvalue weighted by Gasteiger charge is 2.10. The fourth-order valence-corrected chi connectivity index (χ4v) is 2.83. The van der Waals surface area contributed by atoms with Gasteiger partial charge in [0, 0.05) is 23.0 Å². The number of ether oxygens (including phenoxy) is 1. The molecule has 0 fully saturated rings. The van der Waals surface area contributed by atoms with Gasteiger partial charge in [-0.05, 0) is 67.1 Å². The normalized spacial score (nSPS) is 10.8. The smallest absolute Gasteiger partial charge is 0.255 e. The molecule has 1 N–H and O–H groups in total. The number of benzene rings is 2. The number of amides is 1. The molecule has 2 aromatic heterocycles. The molecule has 0 saturated heterocycles. The van der Waals surface area contributed by atoms with E-state index in [0.717, 1.165) is 24.2 Å². The molecule has 4 aromatic rings. The minimum Gasteiger partial charge on any atom is -0.494 e. The monoisotopic (exact) mass is 387 g/mol. The van der Waals surface area contributed by atoms with Crippen LogP contribution >= 0.6 is 0 Å². The number of hydrogen-bond acceptors (Lipinski definition) is 5. The number of nitrogens with one attached hydrogen (secondary N) is 1. The zero-order valence-corrected chi connectivity index (χ0v) is 16.1. The molecule has 6 heteroatoms. The summed E-state index contributed by atoms with van der Waals surface area (Å²) in [6.07, 6.45) is 3.78. The highest BCUT2D eigenvalue weighted by atomic mass is 16.5. The predicted molar refractivity (Wildman–Crippen MR) is 112 cm³/mol. The topological polar surface area (TPSA) is 77.2 Å². The number of carbonyl (C=O) groups is 1. The van der Waals surface area contributed by atoms with E-state index in [0.29, 0.717) is 35.0 Å². The van der Waals surface area contributed by atoms with Gasteiger partial charge in [-0.2, -0.15) is 4.98 Å². The molecular weight excluding hydrogens is 366 g/mol. The van der Waals surface area contributed by atoms with Crippen LogP contribution in [0.25, 0.3) is 22.7 Å². The minimum absolute atomic E-state index is 0.177. The van der Waals surface area contributed by atoms with Gasteiger partial charge in [0.15, 0.2) is 11.2 Å². The van der Waals surface area contributed by atoms with Gasteiger partial charge in [-0.15, -0.1) is 0 Å². The molecule has 0 bridgehead atoms. The third kappa shape index (κ3) is 4.43. The summed E-state index contributed by atoms with van der Waals surface area (Å²) in [5.74, 6) is 1.09. The number of aromatic nitrogens is 2. The van der Waals surface area contributed by atoms with Crippen molar-refractivity contribution in [1.82, 2.24) is 9.97 Å². The van der Waals surface area contributed by atoms with E-state index in [1.807, 2.05) is 42.5 Å². The van der Waals surface area contributed by atoms with Crippen molar-refractivity contribution in [2.45, 2.75) is 19.8 Å². The van der Waals surface area contributed by atoms with Crippen molar-refractivity contribution < 1.29 is 13.9 Å². The average molecular weight is 387 g/mol. The SMILES string of the molecule is CCCCOc1ccc(C(=O)Nc2ccc(-c3nc4ncccc4o3)cc2)cc1. The van der Waals surface area contributed by atoms with Crippen molar-refractivity contribution in [2.24, 2.45) is 0 Å². The van der Waals surface area contributed by atoms with Crippen LogP contribution < -0.4 is 10.1 Å². The van der Waals surface area contributed by atoms with Crippen molar-refractivity contribution in [2.75, 3.05) is 11.9 Å². The van der Waals surface area contributed by atoms with E-state index in [-0.39, 0.29) is 5.91 Å². The number of nitrogens with zero attached hydrogens (tertiary/aromatic N) is 2. The van der Waals surface area contributed by atoms with Crippen molar-refractivity contribution in [3.8, 4) is 17.2 Å². The Labute approximate surface area is 168 Å². The fourth-order valence-electron chi connectivity index (χ4n) is 2.83. The van der Waals surface area contributed by atoms with Crippen molar-refractivity contribution in [3.05, 3.63) is 72.4 Å². The van der Waals surface area contributed by atoms with Crippen LogP contribution in [0.4, 0.5) is 5.69 Å². The summed E-state index contributed by atoms with van der Waals surface area (Å²) in [6.45, 7) is 2.80. The lowest BCUT2D eigenvalue weighted by Gasteiger charge is -2.08. The third-order valence-corrected chi connectivity index (χ3v) is 4.44. The van der Waals surface area contributed by atoms with Crippen LogP contribution in [-0.4, -0.2) is 22.5 Å². The Morgan fingerprint density at radius 2 is 1.86 bits per heavy atom. The maximum absolute atomic E-state index is 12.5. The van der Waals surface area contributed by atoms with E-state index in [1.54, 1.807) is 24.4 Å². The van der Waals surface area contributed by atoms with Crippen molar-refractivity contribution in [3.63, 3.8) is 0 Å². The number of anilines is 1. The lowest BCUT2D eigenvalue weighted by atomic mass is 10.1. The maximum Gasteiger partial charge on any atom is 0.255 e. The van der Waals surface area contributed by atoms with Crippen LogP contribution in [0.3, 0.4) is 0 Å². The molecule has 0 spiro atoms. The molecule has 2 heterocycles. The van der Waals surface area contributed by atoms with E-state index >= 15 is 0 Å². The minimum atomic E-state index is -0.177. The summed E-state index contributed by atoms with van der Waals surface area (Å²) in [5, 5.41) is 2.89. The number of rotatable bonds is 7. The third-order valence-electron chi connectivity index (χ3n) is 4.44. The Hall–Kier alpha value is -3.67. The first-order valence-corrected chi connectivity index (χ1v) is 9.59. The van der Waals surface area contributed by atoms with Crippen molar-refractivity contribution >= 4 is 22.8 Å². The summed E-state index contributed by atoms with van der Waals surface area (Å²) in [7, 11) is 0. The Balaban J connectivity index is 1.41. The second-order valence-corrected chi connectivity index (χ2v) is 6.60. The summed E-state index contributed by atoms with van der Waals surface area (Å²) >= 11 is 0. The molecule has 0 radical (unpaired) electrons. The number of fused-ring (bicyclic) bond motifs is 1. The standard InChI is InChI=1S/C23H21N3O3/c1-2-3-15-28-19-12-8-16(9-13-19)22(27)25-18-10-6-17(7-11-18)23-26-21-20(29-23)5-4-14-24-21/h4-14H,2-3,15H2,1H3,(H,25,27). The van der Waals surface area contributed by atoms with Crippen LogP contribution in [0.15, 0.2) is 71.3 Å². The number of pyridine rings is 1. The molecule has 0 saturated carbocycles. The van der Waals surface area contributed by atoms with Gasteiger partial charge in [-0.3, -0.25) is 4.79 Å². The lowest BCUT2D eigenvalue weighted by molar-refractivity contribution is 0.102. The van der Waals surface area contributed by atoms with E-state index in [2.05, 4.69) is 22.2 Å². The van der Waals surface area contributed by atoms with E-state index in [1.165, 1.54) is 0 Å². The molecule has 29 heavy (non-hydrogen) atoms. The molecule has 6 nitrogen and oxygen atoms in total. The largest absolute Gasteiger partial charge is 0.494 e. The van der Waals surface area contributed by atoms with Crippen LogP contribution in [-0.2, 0) is 0 Å². The molecule has 2 aromatic carbocycles. The molecule has 0 unspecified atom stereocenters. The summed E-state index contributed by atoms with van der Waals surface area (Å²) < 4.78 is 11.3. The Morgan fingerprint density at radius 1 is 1.07 bits per heavy atom. The maximum atomic E-state index is 12.5. The molecule has 0 aliphatic heterocycles. The van der Waals surface area contributed by atoms with Crippen LogP contribution in [0.2, 0.25) is 0 Å². The lowest BCUT2D eigenvalue weighted by Crippen LogP contribution is -2.11. The van der Waals surface area contributed by atoms with Gasteiger partial charge in [0.05, 0.1) is 6.61 Å². The van der Waals surface area contributed by atoms with Gasteiger partial charge in [0.2, 0.25) is 5.89 Å². The van der Waals surface area contributed by atoms with Crippen LogP contribution in [0, 0.1) is 0 Å². The first-order valence-electron chi connectivity index (χ1n) is 9.59. The van der Waals surface area contributed by atoms with Gasteiger partial charge in [-0.25, -0.2) is 4.98 Å². The molecular formula is C23H21N3O3. The summed E-state index contributed by atoms with van der Waals surface area (Å²) in [5.41, 5.74) is 3.29. The van der Waals surface area contributed by atoms with E-state index < -0.39 is 0 Å². The Kier molecular flexibility index (Phi) is 5.52. The molecule has 0 aliphatic rings. The summed E-state index contributed by atoms with van der Waals surface area (Å²) in [6, 6.07) is 18.1. The Morgan fingerprint density at radius 3 is 2.59 bits per heavy atom. The second-order valence-electron chi connectivity index (χ2n) is 6.60. The predicted octanol–water partition coefficient (Wildman–Crippen LogP) is 5.32. The van der Waals surface area contributed by atoms with E-state index in [4.69, 9.17) is 9.15 Å². The van der Waals surface area contributed by atoms with Gasteiger partial charge in [-0.1, -0.05) is 13.3 Å². The number of unbranched alkanes of at least 4 members (excludes halogenated alkanes) is 1. The first-order chi connectivity index (χ1) is 14.2. The average Bonchev–Trinajstić information content (AvgIpc) is 3.19. The Bertz CT molecular complexity index is 1070. The van der Waals surface area contributed by atoms with Crippen molar-refractivity contribution in [1.29, 1.82) is 0 Å².